The molecule has 0 aromatic heterocycles. The topological polar surface area (TPSA) is 89.6 Å². The molecular formula is C16H14ClNO4S. The highest BCUT2D eigenvalue weighted by Crippen LogP contribution is 2.36. The molecule has 0 fully saturated rings. The minimum Gasteiger partial charge on any atom is -0.478 e. The molecule has 3 N–H and O–H groups in total. The Morgan fingerprint density at radius 1 is 1.22 bits per heavy atom. The van der Waals surface area contributed by atoms with Gasteiger partial charge in [-0.05, 0) is 43.3 Å². The molecule has 0 saturated carbocycles. The summed E-state index contributed by atoms with van der Waals surface area (Å²) in [7, 11) is 0. The Balaban J connectivity index is 2.33. The lowest BCUT2D eigenvalue weighted by Crippen LogP contribution is -2.05. The van der Waals surface area contributed by atoms with E-state index in [9.17, 15) is 14.7 Å². The normalized spacial score (nSPS) is 10.3. The number of benzene rings is 2. The fourth-order valence-corrected chi connectivity index (χ4v) is 3.10. The van der Waals surface area contributed by atoms with Crippen molar-refractivity contribution in [3.8, 4) is 0 Å². The standard InChI is InChI=1S/C16H14ClNO4S/c1-2-22-16(21)9-3-6-13(12(18)7-9)23-14-8-10(17)4-5-11(14)15(19)20/h3-8H,2,18H2,1H3,(H,19,20). The van der Waals surface area contributed by atoms with Crippen molar-refractivity contribution in [2.45, 2.75) is 16.7 Å². The van der Waals surface area contributed by atoms with Crippen molar-refractivity contribution in [2.75, 3.05) is 12.3 Å². The van der Waals surface area contributed by atoms with Gasteiger partial charge in [-0.25, -0.2) is 9.59 Å². The molecule has 23 heavy (non-hydrogen) atoms. The quantitative estimate of drug-likeness (QED) is 0.626. The fourth-order valence-electron chi connectivity index (χ4n) is 1.86. The molecule has 0 aliphatic heterocycles. The molecule has 0 spiro atoms. The van der Waals surface area contributed by atoms with Gasteiger partial charge in [-0.2, -0.15) is 0 Å². The van der Waals surface area contributed by atoms with Crippen molar-refractivity contribution in [3.63, 3.8) is 0 Å². The number of nitrogen functional groups attached to an aromatic ring is 1. The van der Waals surface area contributed by atoms with Crippen LogP contribution in [-0.2, 0) is 4.74 Å². The molecular weight excluding hydrogens is 338 g/mol. The van der Waals surface area contributed by atoms with Crippen LogP contribution >= 0.6 is 23.4 Å². The summed E-state index contributed by atoms with van der Waals surface area (Å²) in [4.78, 5) is 24.0. The van der Waals surface area contributed by atoms with Gasteiger partial charge < -0.3 is 15.6 Å². The van der Waals surface area contributed by atoms with Crippen LogP contribution in [0.5, 0.6) is 0 Å². The second-order valence-electron chi connectivity index (χ2n) is 4.52. The Hall–Kier alpha value is -2.18. The lowest BCUT2D eigenvalue weighted by atomic mass is 10.2. The molecule has 0 unspecified atom stereocenters. The number of halogens is 1. The SMILES string of the molecule is CCOC(=O)c1ccc(Sc2cc(Cl)ccc2C(=O)O)c(N)c1. The molecule has 0 radical (unpaired) electrons. The van der Waals surface area contributed by atoms with E-state index in [4.69, 9.17) is 22.1 Å². The molecule has 0 aliphatic rings. The Morgan fingerprint density at radius 2 is 1.96 bits per heavy atom. The van der Waals surface area contributed by atoms with E-state index in [2.05, 4.69) is 0 Å². The van der Waals surface area contributed by atoms with E-state index in [-0.39, 0.29) is 12.2 Å². The second kappa shape index (κ2) is 7.39. The minimum atomic E-state index is -1.05. The van der Waals surface area contributed by atoms with Gasteiger partial charge in [0.2, 0.25) is 0 Å². The lowest BCUT2D eigenvalue weighted by Gasteiger charge is -2.10. The smallest absolute Gasteiger partial charge is 0.338 e. The zero-order valence-corrected chi connectivity index (χ0v) is 13.8. The zero-order chi connectivity index (χ0) is 17.0. The van der Waals surface area contributed by atoms with Crippen molar-refractivity contribution in [1.82, 2.24) is 0 Å². The van der Waals surface area contributed by atoms with Crippen LogP contribution in [0.4, 0.5) is 5.69 Å². The van der Waals surface area contributed by atoms with Crippen molar-refractivity contribution in [2.24, 2.45) is 0 Å². The number of carbonyl (C=O) groups is 2. The Kier molecular flexibility index (Phi) is 5.52. The number of carboxylic acids is 1. The summed E-state index contributed by atoms with van der Waals surface area (Å²) in [5, 5.41) is 9.66. The number of carboxylic acid groups (broad SMARTS) is 1. The summed E-state index contributed by atoms with van der Waals surface area (Å²) in [6, 6.07) is 9.26. The van der Waals surface area contributed by atoms with Crippen molar-refractivity contribution < 1.29 is 19.4 Å². The van der Waals surface area contributed by atoms with Crippen LogP contribution in [0.1, 0.15) is 27.6 Å². The summed E-state index contributed by atoms with van der Waals surface area (Å²) in [5.74, 6) is -1.50. The summed E-state index contributed by atoms with van der Waals surface area (Å²) < 4.78 is 4.91. The van der Waals surface area contributed by atoms with E-state index in [0.717, 1.165) is 0 Å². The number of nitrogens with two attached hydrogens (primary N) is 1. The molecule has 2 rings (SSSR count). The molecule has 2 aromatic carbocycles. The Morgan fingerprint density at radius 3 is 2.57 bits per heavy atom. The van der Waals surface area contributed by atoms with Gasteiger partial charge in [0.15, 0.2) is 0 Å². The van der Waals surface area contributed by atoms with Crippen LogP contribution in [0.2, 0.25) is 5.02 Å². The van der Waals surface area contributed by atoms with E-state index in [1.165, 1.54) is 30.0 Å². The number of hydrogen-bond donors (Lipinski definition) is 2. The van der Waals surface area contributed by atoms with E-state index in [0.29, 0.717) is 26.1 Å². The Bertz CT molecular complexity index is 764. The highest BCUT2D eigenvalue weighted by molar-refractivity contribution is 7.99. The number of aromatic carboxylic acids is 1. The highest BCUT2D eigenvalue weighted by atomic mass is 35.5. The molecule has 0 saturated heterocycles. The lowest BCUT2D eigenvalue weighted by molar-refractivity contribution is 0.0525. The van der Waals surface area contributed by atoms with Gasteiger partial charge in [0.1, 0.15) is 0 Å². The molecule has 0 atom stereocenters. The van der Waals surface area contributed by atoms with Crippen LogP contribution in [0.25, 0.3) is 0 Å². The number of rotatable bonds is 5. The molecule has 0 aliphatic carbocycles. The number of hydrogen-bond acceptors (Lipinski definition) is 5. The molecule has 0 bridgehead atoms. The molecule has 0 heterocycles. The predicted molar refractivity (Wildman–Crippen MR) is 89.3 cm³/mol. The van der Waals surface area contributed by atoms with Gasteiger partial charge >= 0.3 is 11.9 Å². The van der Waals surface area contributed by atoms with Crippen molar-refractivity contribution in [3.05, 3.63) is 52.5 Å². The third-order valence-electron chi connectivity index (χ3n) is 2.91. The zero-order valence-electron chi connectivity index (χ0n) is 12.2. The molecule has 0 amide bonds. The molecule has 2 aromatic rings. The molecule has 120 valence electrons. The van der Waals surface area contributed by atoms with Gasteiger partial charge in [0.05, 0.1) is 17.7 Å². The first kappa shape index (κ1) is 17.2. The number of esters is 1. The summed E-state index contributed by atoms with van der Waals surface area (Å²) in [5.41, 5.74) is 6.79. The summed E-state index contributed by atoms with van der Waals surface area (Å²) >= 11 is 7.11. The second-order valence-corrected chi connectivity index (χ2v) is 6.04. The van der Waals surface area contributed by atoms with Gasteiger partial charge in [-0.15, -0.1) is 0 Å². The van der Waals surface area contributed by atoms with Crippen LogP contribution in [0, 0.1) is 0 Å². The fraction of sp³-hybridized carbons (Fsp3) is 0.125. The first-order valence-corrected chi connectivity index (χ1v) is 7.89. The third kappa shape index (κ3) is 4.18. The van der Waals surface area contributed by atoms with Crippen molar-refractivity contribution >= 4 is 41.0 Å². The molecule has 5 nitrogen and oxygen atoms in total. The average Bonchev–Trinajstić information content (AvgIpc) is 2.49. The predicted octanol–water partition coefficient (Wildman–Crippen LogP) is 3.95. The number of ether oxygens (including phenoxy) is 1. The van der Waals surface area contributed by atoms with Crippen LogP contribution < -0.4 is 5.73 Å². The molecule has 7 heteroatoms. The van der Waals surface area contributed by atoms with Gasteiger partial charge in [0.25, 0.3) is 0 Å². The van der Waals surface area contributed by atoms with Crippen LogP contribution in [0.15, 0.2) is 46.2 Å². The monoisotopic (exact) mass is 351 g/mol. The first-order chi connectivity index (χ1) is 10.9. The maximum absolute atomic E-state index is 11.7. The summed E-state index contributed by atoms with van der Waals surface area (Å²) in [6.07, 6.45) is 0. The van der Waals surface area contributed by atoms with E-state index in [1.807, 2.05) is 0 Å². The third-order valence-corrected chi connectivity index (χ3v) is 4.30. The Labute approximate surface area is 142 Å². The summed E-state index contributed by atoms with van der Waals surface area (Å²) in [6.45, 7) is 2.00. The van der Waals surface area contributed by atoms with Crippen LogP contribution in [0.3, 0.4) is 0 Å². The van der Waals surface area contributed by atoms with Gasteiger partial charge in [-0.3, -0.25) is 0 Å². The first-order valence-electron chi connectivity index (χ1n) is 6.69. The minimum absolute atomic E-state index is 0.133. The maximum atomic E-state index is 11.7. The van der Waals surface area contributed by atoms with Gasteiger partial charge in [-0.1, -0.05) is 23.4 Å². The maximum Gasteiger partial charge on any atom is 0.338 e. The van der Waals surface area contributed by atoms with Crippen molar-refractivity contribution in [1.29, 1.82) is 0 Å². The van der Waals surface area contributed by atoms with E-state index in [1.54, 1.807) is 25.1 Å². The number of anilines is 1. The largest absolute Gasteiger partial charge is 0.478 e. The van der Waals surface area contributed by atoms with E-state index < -0.39 is 11.9 Å². The highest BCUT2D eigenvalue weighted by Gasteiger charge is 2.14. The van der Waals surface area contributed by atoms with Gasteiger partial charge in [0, 0.05) is 20.5 Å². The average molecular weight is 352 g/mol. The van der Waals surface area contributed by atoms with E-state index >= 15 is 0 Å². The van der Waals surface area contributed by atoms with Crippen LogP contribution in [-0.4, -0.2) is 23.7 Å². The number of carbonyl (C=O) groups excluding carboxylic acids is 1.